The van der Waals surface area contributed by atoms with Gasteiger partial charge in [-0.25, -0.2) is 0 Å². The molecule has 19 heavy (non-hydrogen) atoms. The van der Waals surface area contributed by atoms with E-state index >= 15 is 0 Å². The molecule has 1 saturated heterocycles. The predicted octanol–water partition coefficient (Wildman–Crippen LogP) is 2.33. The molecule has 0 amide bonds. The van der Waals surface area contributed by atoms with E-state index in [1.54, 1.807) is 0 Å². The SMILES string of the molecule is O=C1C(CCCO)=C[C@@H]2[C@H]1[C@@H]1O[C@H]2c2ccccc21. The molecule has 1 aromatic rings. The first-order chi connectivity index (χ1) is 9.31. The monoisotopic (exact) mass is 256 g/mol. The van der Waals surface area contributed by atoms with Crippen molar-refractivity contribution in [2.24, 2.45) is 11.8 Å². The minimum absolute atomic E-state index is 0.0198. The van der Waals surface area contributed by atoms with Crippen molar-refractivity contribution < 1.29 is 14.6 Å². The van der Waals surface area contributed by atoms with Crippen molar-refractivity contribution in [3.63, 3.8) is 0 Å². The third-order valence-corrected chi connectivity index (χ3v) is 4.61. The van der Waals surface area contributed by atoms with E-state index in [4.69, 9.17) is 9.84 Å². The molecule has 0 radical (unpaired) electrons. The van der Waals surface area contributed by atoms with Crippen LogP contribution in [0.2, 0.25) is 0 Å². The van der Waals surface area contributed by atoms with Crippen LogP contribution in [0.15, 0.2) is 35.9 Å². The van der Waals surface area contributed by atoms with Crippen LogP contribution in [0, 0.1) is 11.8 Å². The number of ketones is 1. The standard InChI is InChI=1S/C16H16O3/c17-7-3-4-9-8-12-13(14(9)18)16-11-6-2-1-5-10(11)15(12)19-16/h1-2,5-6,8,12-13,15-17H,3-4,7H2/t12-,13-,15+,16-/m1/s1. The third kappa shape index (κ3) is 1.43. The molecule has 1 N–H and O–H groups in total. The van der Waals surface area contributed by atoms with Crippen LogP contribution in [0.4, 0.5) is 0 Å². The number of fused-ring (bicyclic) bond motifs is 8. The minimum atomic E-state index is -0.0541. The Labute approximate surface area is 111 Å². The summed E-state index contributed by atoms with van der Waals surface area (Å²) in [4.78, 5) is 12.5. The van der Waals surface area contributed by atoms with Gasteiger partial charge in [0.25, 0.3) is 0 Å². The number of aliphatic hydroxyl groups excluding tert-OH is 1. The highest BCUT2D eigenvalue weighted by Crippen LogP contribution is 2.60. The number of benzene rings is 1. The van der Waals surface area contributed by atoms with Crippen LogP contribution < -0.4 is 0 Å². The van der Waals surface area contributed by atoms with E-state index in [-0.39, 0.29) is 36.4 Å². The van der Waals surface area contributed by atoms with E-state index in [0.717, 1.165) is 5.57 Å². The van der Waals surface area contributed by atoms with Gasteiger partial charge in [0.15, 0.2) is 5.78 Å². The fourth-order valence-corrected chi connectivity index (χ4v) is 3.81. The van der Waals surface area contributed by atoms with Crippen molar-refractivity contribution in [1.29, 1.82) is 0 Å². The van der Waals surface area contributed by atoms with Crippen LogP contribution in [0.25, 0.3) is 0 Å². The van der Waals surface area contributed by atoms with Crippen molar-refractivity contribution in [3.8, 4) is 0 Å². The van der Waals surface area contributed by atoms with Gasteiger partial charge in [-0.1, -0.05) is 30.3 Å². The van der Waals surface area contributed by atoms with Gasteiger partial charge >= 0.3 is 0 Å². The second kappa shape index (κ2) is 4.02. The van der Waals surface area contributed by atoms with Crippen LogP contribution in [-0.4, -0.2) is 17.5 Å². The fourth-order valence-electron chi connectivity index (χ4n) is 3.81. The molecule has 2 heterocycles. The van der Waals surface area contributed by atoms with Crippen LogP contribution >= 0.6 is 0 Å². The summed E-state index contributed by atoms with van der Waals surface area (Å²) in [6.07, 6.45) is 3.46. The van der Waals surface area contributed by atoms with Gasteiger partial charge in [-0.15, -0.1) is 0 Å². The van der Waals surface area contributed by atoms with Gasteiger partial charge in [-0.3, -0.25) is 4.79 Å². The first-order valence-electron chi connectivity index (χ1n) is 6.91. The number of carbonyl (C=O) groups is 1. The summed E-state index contributed by atoms with van der Waals surface area (Å²) in [7, 11) is 0. The molecule has 4 rings (SSSR count). The molecular weight excluding hydrogens is 240 g/mol. The molecule has 4 atom stereocenters. The van der Waals surface area contributed by atoms with Crippen molar-refractivity contribution in [3.05, 3.63) is 47.0 Å². The Balaban J connectivity index is 1.69. The van der Waals surface area contributed by atoms with Crippen LogP contribution in [0.1, 0.15) is 36.2 Å². The molecule has 0 aromatic heterocycles. The van der Waals surface area contributed by atoms with E-state index in [1.165, 1.54) is 11.1 Å². The largest absolute Gasteiger partial charge is 0.396 e. The molecule has 2 bridgehead atoms. The fraction of sp³-hybridized carbons (Fsp3) is 0.438. The average molecular weight is 256 g/mol. The molecule has 1 aliphatic carbocycles. The second-order valence-electron chi connectivity index (χ2n) is 5.59. The van der Waals surface area contributed by atoms with Gasteiger partial charge in [0.1, 0.15) is 0 Å². The summed E-state index contributed by atoms with van der Waals surface area (Å²) in [6.45, 7) is 0.142. The summed E-state index contributed by atoms with van der Waals surface area (Å²) in [5.74, 6) is 0.426. The molecule has 0 saturated carbocycles. The van der Waals surface area contributed by atoms with Crippen molar-refractivity contribution >= 4 is 5.78 Å². The Morgan fingerprint density at radius 3 is 2.63 bits per heavy atom. The van der Waals surface area contributed by atoms with Crippen LogP contribution in [-0.2, 0) is 9.53 Å². The number of aliphatic hydroxyl groups is 1. The summed E-state index contributed by atoms with van der Waals surface area (Å²) in [5.41, 5.74) is 3.34. The molecule has 98 valence electrons. The Hall–Kier alpha value is -1.45. The maximum Gasteiger partial charge on any atom is 0.165 e. The van der Waals surface area contributed by atoms with Crippen LogP contribution in [0.3, 0.4) is 0 Å². The molecule has 1 fully saturated rings. The number of carbonyl (C=O) groups excluding carboxylic acids is 1. The maximum absolute atomic E-state index is 12.5. The lowest BCUT2D eigenvalue weighted by atomic mass is 9.77. The van der Waals surface area contributed by atoms with Crippen molar-refractivity contribution in [2.45, 2.75) is 25.0 Å². The Bertz CT molecular complexity index is 575. The molecule has 3 nitrogen and oxygen atoms in total. The van der Waals surface area contributed by atoms with Crippen molar-refractivity contribution in [2.75, 3.05) is 6.61 Å². The lowest BCUT2D eigenvalue weighted by Crippen LogP contribution is -2.23. The van der Waals surface area contributed by atoms with E-state index in [0.29, 0.717) is 12.8 Å². The number of allylic oxidation sites excluding steroid dienone is 1. The first-order valence-corrected chi connectivity index (χ1v) is 6.91. The lowest BCUT2D eigenvalue weighted by Gasteiger charge is -2.21. The smallest absolute Gasteiger partial charge is 0.165 e. The van der Waals surface area contributed by atoms with Crippen LogP contribution in [0.5, 0.6) is 0 Å². The van der Waals surface area contributed by atoms with Crippen molar-refractivity contribution in [1.82, 2.24) is 0 Å². The predicted molar refractivity (Wildman–Crippen MR) is 69.4 cm³/mol. The molecule has 0 spiro atoms. The summed E-state index contributed by atoms with van der Waals surface area (Å²) in [5, 5.41) is 8.91. The van der Waals surface area contributed by atoms with E-state index in [2.05, 4.69) is 18.2 Å². The highest BCUT2D eigenvalue weighted by molar-refractivity contribution is 6.01. The van der Waals surface area contributed by atoms with Gasteiger partial charge in [0.2, 0.25) is 0 Å². The third-order valence-electron chi connectivity index (χ3n) is 4.61. The highest BCUT2D eigenvalue weighted by atomic mass is 16.5. The van der Waals surface area contributed by atoms with Gasteiger partial charge < -0.3 is 9.84 Å². The molecule has 1 aromatic carbocycles. The summed E-state index contributed by atoms with van der Waals surface area (Å²) < 4.78 is 6.02. The van der Waals surface area contributed by atoms with E-state index < -0.39 is 0 Å². The summed E-state index contributed by atoms with van der Waals surface area (Å²) in [6, 6.07) is 8.23. The zero-order valence-electron chi connectivity index (χ0n) is 10.6. The highest BCUT2D eigenvalue weighted by Gasteiger charge is 2.57. The normalized spacial score (nSPS) is 34.4. The van der Waals surface area contributed by atoms with Gasteiger partial charge in [-0.2, -0.15) is 0 Å². The molecule has 0 unspecified atom stereocenters. The Kier molecular flexibility index (Phi) is 2.41. The minimum Gasteiger partial charge on any atom is -0.396 e. The quantitative estimate of drug-likeness (QED) is 0.902. The number of rotatable bonds is 3. The van der Waals surface area contributed by atoms with Gasteiger partial charge in [0.05, 0.1) is 18.1 Å². The van der Waals surface area contributed by atoms with Gasteiger partial charge in [0, 0.05) is 12.5 Å². The Morgan fingerprint density at radius 2 is 1.89 bits per heavy atom. The Morgan fingerprint density at radius 1 is 1.16 bits per heavy atom. The number of ether oxygens (including phenoxy) is 1. The van der Waals surface area contributed by atoms with E-state index in [9.17, 15) is 4.79 Å². The topological polar surface area (TPSA) is 46.5 Å². The average Bonchev–Trinajstić information content (AvgIpc) is 3.07. The number of hydrogen-bond acceptors (Lipinski definition) is 3. The molecule has 3 aliphatic rings. The first kappa shape index (κ1) is 11.4. The second-order valence-corrected chi connectivity index (χ2v) is 5.59. The number of hydrogen-bond donors (Lipinski definition) is 1. The zero-order valence-corrected chi connectivity index (χ0v) is 10.6. The number of Topliss-reactive ketones (excluding diaryl/α,β-unsaturated/α-hetero) is 1. The van der Waals surface area contributed by atoms with Gasteiger partial charge in [-0.05, 0) is 29.5 Å². The zero-order chi connectivity index (χ0) is 13.0. The maximum atomic E-state index is 12.5. The van der Waals surface area contributed by atoms with E-state index in [1.807, 2.05) is 12.1 Å². The molecule has 2 aliphatic heterocycles. The molecular formula is C16H16O3. The lowest BCUT2D eigenvalue weighted by molar-refractivity contribution is -0.120. The molecule has 3 heteroatoms. The summed E-state index contributed by atoms with van der Waals surface area (Å²) >= 11 is 0.